The summed E-state index contributed by atoms with van der Waals surface area (Å²) in [4.78, 5) is 26.8. The van der Waals surface area contributed by atoms with Crippen LogP contribution in [0.5, 0.6) is 11.5 Å². The van der Waals surface area contributed by atoms with Crippen molar-refractivity contribution in [2.45, 2.75) is 13.0 Å². The number of hydrogen-bond acceptors (Lipinski definition) is 6. The number of aromatic hydroxyl groups is 1. The second-order valence-corrected chi connectivity index (χ2v) is 6.54. The Kier molecular flexibility index (Phi) is 6.19. The number of ether oxygens (including phenoxy) is 2. The van der Waals surface area contributed by atoms with Crippen molar-refractivity contribution in [3.05, 3.63) is 65.2 Å². The van der Waals surface area contributed by atoms with E-state index in [1.807, 2.05) is 6.92 Å². The van der Waals surface area contributed by atoms with Gasteiger partial charge in [0.15, 0.2) is 0 Å². The minimum Gasteiger partial charge on any atom is -0.508 e. The molecule has 2 aromatic carbocycles. The van der Waals surface area contributed by atoms with Gasteiger partial charge in [-0.1, -0.05) is 12.1 Å². The number of hydrogen-bond donors (Lipinski definition) is 2. The van der Waals surface area contributed by atoms with E-state index in [4.69, 9.17) is 9.47 Å². The molecule has 1 saturated heterocycles. The predicted molar refractivity (Wildman–Crippen MR) is 107 cm³/mol. The SMILES string of the molecule is CCOc1ccc(/C(O)=C2\C(=O)C(=O)N(CCOC)[C@H]2c2cccc(O)c2)cc1. The highest BCUT2D eigenvalue weighted by molar-refractivity contribution is 6.46. The summed E-state index contributed by atoms with van der Waals surface area (Å²) in [5.74, 6) is -1.14. The van der Waals surface area contributed by atoms with Crippen LogP contribution >= 0.6 is 0 Å². The third kappa shape index (κ3) is 4.09. The molecule has 0 aliphatic carbocycles. The Morgan fingerprint density at radius 1 is 1.14 bits per heavy atom. The topological polar surface area (TPSA) is 96.3 Å². The summed E-state index contributed by atoms with van der Waals surface area (Å²) >= 11 is 0. The number of nitrogens with zero attached hydrogens (tertiary/aromatic N) is 1. The lowest BCUT2D eigenvalue weighted by Crippen LogP contribution is -2.32. The van der Waals surface area contributed by atoms with Gasteiger partial charge < -0.3 is 24.6 Å². The number of carbonyl (C=O) groups excluding carboxylic acids is 2. The zero-order valence-corrected chi connectivity index (χ0v) is 16.3. The lowest BCUT2D eigenvalue weighted by Gasteiger charge is -2.25. The van der Waals surface area contributed by atoms with E-state index in [2.05, 4.69) is 0 Å². The number of likely N-dealkylation sites (tertiary alicyclic amines) is 1. The van der Waals surface area contributed by atoms with Gasteiger partial charge in [-0.2, -0.15) is 0 Å². The Hall–Kier alpha value is -3.32. The van der Waals surface area contributed by atoms with E-state index in [-0.39, 0.29) is 30.2 Å². The van der Waals surface area contributed by atoms with Crippen LogP contribution in [0.15, 0.2) is 54.1 Å². The largest absolute Gasteiger partial charge is 0.508 e. The van der Waals surface area contributed by atoms with Gasteiger partial charge in [0.05, 0.1) is 24.8 Å². The van der Waals surface area contributed by atoms with Gasteiger partial charge >= 0.3 is 0 Å². The Morgan fingerprint density at radius 2 is 1.86 bits per heavy atom. The van der Waals surface area contributed by atoms with Crippen molar-refractivity contribution in [1.29, 1.82) is 0 Å². The summed E-state index contributed by atoms with van der Waals surface area (Å²) in [6, 6.07) is 12.1. The number of Topliss-reactive ketones (excluding diaryl/α,β-unsaturated/α-hetero) is 1. The summed E-state index contributed by atoms with van der Waals surface area (Å²) in [5, 5.41) is 20.8. The molecule has 3 rings (SSSR count). The van der Waals surface area contributed by atoms with E-state index in [0.29, 0.717) is 23.5 Å². The van der Waals surface area contributed by atoms with Crippen molar-refractivity contribution in [1.82, 2.24) is 4.90 Å². The molecule has 0 spiro atoms. The van der Waals surface area contributed by atoms with Gasteiger partial charge in [0.1, 0.15) is 17.3 Å². The first kappa shape index (κ1) is 20.4. The predicted octanol–water partition coefficient (Wildman–Crippen LogP) is 2.86. The molecule has 0 bridgehead atoms. The molecule has 29 heavy (non-hydrogen) atoms. The summed E-state index contributed by atoms with van der Waals surface area (Å²) in [6.07, 6.45) is 0. The van der Waals surface area contributed by atoms with Crippen molar-refractivity contribution in [3.63, 3.8) is 0 Å². The number of aliphatic hydroxyl groups excluding tert-OH is 1. The van der Waals surface area contributed by atoms with Crippen molar-refractivity contribution in [3.8, 4) is 11.5 Å². The van der Waals surface area contributed by atoms with Crippen molar-refractivity contribution < 1.29 is 29.3 Å². The van der Waals surface area contributed by atoms with Gasteiger partial charge in [-0.05, 0) is 48.9 Å². The third-order valence-electron chi connectivity index (χ3n) is 4.70. The molecule has 0 aromatic heterocycles. The molecular formula is C22H23NO6. The molecule has 1 heterocycles. The molecule has 7 heteroatoms. The average Bonchev–Trinajstić information content (AvgIpc) is 2.97. The fourth-order valence-electron chi connectivity index (χ4n) is 3.37. The first-order valence-corrected chi connectivity index (χ1v) is 9.27. The second-order valence-electron chi connectivity index (χ2n) is 6.54. The summed E-state index contributed by atoms with van der Waals surface area (Å²) in [6.45, 7) is 2.77. The lowest BCUT2D eigenvalue weighted by molar-refractivity contribution is -0.140. The minimum atomic E-state index is -0.830. The molecule has 1 amide bonds. The first-order chi connectivity index (χ1) is 14.0. The van der Waals surface area contributed by atoms with Crippen LogP contribution in [0, 0.1) is 0 Å². The van der Waals surface area contributed by atoms with Crippen LogP contribution in [0.4, 0.5) is 0 Å². The van der Waals surface area contributed by atoms with Crippen LogP contribution in [0.25, 0.3) is 5.76 Å². The standard InChI is InChI=1S/C22H23NO6/c1-3-29-17-9-7-14(8-10-17)20(25)18-19(15-5-4-6-16(24)13-15)23(11-12-28-2)22(27)21(18)26/h4-10,13,19,24-25H,3,11-12H2,1-2H3/b20-18+/t19-/m0/s1. The maximum atomic E-state index is 12.8. The number of carbonyl (C=O) groups is 2. The highest BCUT2D eigenvalue weighted by atomic mass is 16.5. The zero-order valence-electron chi connectivity index (χ0n) is 16.3. The highest BCUT2D eigenvalue weighted by Crippen LogP contribution is 2.40. The molecule has 1 atom stereocenters. The lowest BCUT2D eigenvalue weighted by atomic mass is 9.95. The Labute approximate surface area is 168 Å². The Morgan fingerprint density at radius 3 is 2.48 bits per heavy atom. The quantitative estimate of drug-likeness (QED) is 0.424. The van der Waals surface area contributed by atoms with E-state index in [1.54, 1.807) is 36.4 Å². The number of phenolic OH excluding ortho intramolecular Hbond substituents is 1. The molecule has 152 valence electrons. The van der Waals surface area contributed by atoms with Crippen LogP contribution in [0.3, 0.4) is 0 Å². The van der Waals surface area contributed by atoms with E-state index < -0.39 is 17.7 Å². The number of amides is 1. The van der Waals surface area contributed by atoms with Gasteiger partial charge in [0, 0.05) is 19.2 Å². The molecule has 2 aromatic rings. The van der Waals surface area contributed by atoms with E-state index in [0.717, 1.165) is 0 Å². The maximum absolute atomic E-state index is 12.8. The summed E-state index contributed by atoms with van der Waals surface area (Å²) < 4.78 is 10.5. The van der Waals surface area contributed by atoms with Gasteiger partial charge in [-0.3, -0.25) is 9.59 Å². The smallest absolute Gasteiger partial charge is 0.295 e. The molecule has 1 aliphatic rings. The number of phenols is 1. The molecule has 0 saturated carbocycles. The zero-order chi connectivity index (χ0) is 21.0. The van der Waals surface area contributed by atoms with Gasteiger partial charge in [-0.25, -0.2) is 0 Å². The number of benzene rings is 2. The van der Waals surface area contributed by atoms with Crippen molar-refractivity contribution in [2.24, 2.45) is 0 Å². The van der Waals surface area contributed by atoms with Crippen LogP contribution < -0.4 is 4.74 Å². The van der Waals surface area contributed by atoms with Gasteiger partial charge in [-0.15, -0.1) is 0 Å². The second kappa shape index (κ2) is 8.79. The van der Waals surface area contributed by atoms with E-state index in [9.17, 15) is 19.8 Å². The van der Waals surface area contributed by atoms with Crippen LogP contribution in [-0.2, 0) is 14.3 Å². The molecule has 0 unspecified atom stereocenters. The maximum Gasteiger partial charge on any atom is 0.295 e. The Bertz CT molecular complexity index is 935. The normalized spacial score (nSPS) is 18.3. The third-order valence-corrected chi connectivity index (χ3v) is 4.70. The number of aliphatic hydroxyl groups is 1. The average molecular weight is 397 g/mol. The van der Waals surface area contributed by atoms with Crippen LogP contribution in [0.2, 0.25) is 0 Å². The summed E-state index contributed by atoms with van der Waals surface area (Å²) in [5.41, 5.74) is 0.886. The fraction of sp³-hybridized carbons (Fsp3) is 0.273. The molecule has 1 aliphatic heterocycles. The molecule has 7 nitrogen and oxygen atoms in total. The molecular weight excluding hydrogens is 374 g/mol. The monoisotopic (exact) mass is 397 g/mol. The number of methoxy groups -OCH3 is 1. The molecule has 2 N–H and O–H groups in total. The van der Waals surface area contributed by atoms with Crippen LogP contribution in [-0.4, -0.2) is 53.7 Å². The van der Waals surface area contributed by atoms with E-state index in [1.165, 1.54) is 24.1 Å². The molecule has 0 radical (unpaired) electrons. The minimum absolute atomic E-state index is 0.000830. The van der Waals surface area contributed by atoms with Crippen molar-refractivity contribution in [2.75, 3.05) is 26.9 Å². The van der Waals surface area contributed by atoms with Crippen molar-refractivity contribution >= 4 is 17.4 Å². The highest BCUT2D eigenvalue weighted by Gasteiger charge is 2.45. The van der Waals surface area contributed by atoms with Gasteiger partial charge in [0.2, 0.25) is 0 Å². The Balaban J connectivity index is 2.10. The molecule has 1 fully saturated rings. The number of ketones is 1. The van der Waals surface area contributed by atoms with Crippen LogP contribution in [0.1, 0.15) is 24.1 Å². The van der Waals surface area contributed by atoms with E-state index >= 15 is 0 Å². The summed E-state index contributed by atoms with van der Waals surface area (Å²) in [7, 11) is 1.50. The van der Waals surface area contributed by atoms with Gasteiger partial charge in [0.25, 0.3) is 11.7 Å². The first-order valence-electron chi connectivity index (χ1n) is 9.27. The number of rotatable bonds is 7. The fourth-order valence-corrected chi connectivity index (χ4v) is 3.37.